The van der Waals surface area contributed by atoms with Crippen LogP contribution in [0.2, 0.25) is 0 Å². The molecule has 0 saturated carbocycles. The van der Waals surface area contributed by atoms with Gasteiger partial charge in [0.15, 0.2) is 0 Å². The second-order valence-corrected chi connectivity index (χ2v) is 7.80. The van der Waals surface area contributed by atoms with Crippen molar-refractivity contribution in [2.45, 2.75) is 4.21 Å². The van der Waals surface area contributed by atoms with Crippen molar-refractivity contribution in [2.75, 3.05) is 0 Å². The zero-order chi connectivity index (χ0) is 9.41. The number of hydrogen-bond acceptors (Lipinski definition) is 5. The Kier molecular flexibility index (Phi) is 2.25. The molecule has 0 saturated heterocycles. The first-order valence-electron chi connectivity index (χ1n) is 2.62. The predicted molar refractivity (Wildman–Crippen MR) is 43.1 cm³/mol. The van der Waals surface area contributed by atoms with Gasteiger partial charge in [-0.2, -0.15) is 8.42 Å². The zero-order valence-electron chi connectivity index (χ0n) is 5.54. The molecule has 1 heterocycles. The van der Waals surface area contributed by atoms with E-state index in [9.17, 15) is 16.8 Å². The zero-order valence-corrected chi connectivity index (χ0v) is 7.99. The summed E-state index contributed by atoms with van der Waals surface area (Å²) < 4.78 is 50.3. The Balaban J connectivity index is 3.42. The molecule has 8 heteroatoms. The van der Waals surface area contributed by atoms with Gasteiger partial charge >= 0.3 is 18.0 Å². The first-order chi connectivity index (χ1) is 5.36. The van der Waals surface area contributed by atoms with Crippen LogP contribution in [0, 0.1) is 0 Å². The third-order valence-corrected chi connectivity index (χ3v) is 6.33. The smallest absolute Gasteiger partial charge is 0.273 e. The topological polar surface area (TPSA) is 88.5 Å². The van der Waals surface area contributed by atoms with Crippen molar-refractivity contribution in [1.82, 2.24) is 0 Å². The molecule has 0 fully saturated rings. The van der Waals surface area contributed by atoms with Gasteiger partial charge < -0.3 is 0 Å². The first kappa shape index (κ1) is 9.65. The van der Waals surface area contributed by atoms with E-state index in [4.69, 9.17) is 4.55 Å². The van der Waals surface area contributed by atoms with E-state index in [2.05, 4.69) is 0 Å². The summed E-state index contributed by atoms with van der Waals surface area (Å²) in [6, 6.07) is 2.48. The molecule has 0 bridgehead atoms. The minimum atomic E-state index is -5.04. The van der Waals surface area contributed by atoms with Gasteiger partial charge in [-0.1, -0.05) is 6.07 Å². The maximum Gasteiger partial charge on any atom is 0.377 e. The van der Waals surface area contributed by atoms with E-state index in [1.165, 1.54) is 11.4 Å². The van der Waals surface area contributed by atoms with Crippen LogP contribution in [0.4, 0.5) is 0 Å². The maximum absolute atomic E-state index is 10.9. The van der Waals surface area contributed by atoms with Crippen molar-refractivity contribution in [1.29, 1.82) is 0 Å². The first-order valence-corrected chi connectivity index (χ1v) is 6.93. The Morgan fingerprint density at radius 1 is 1.25 bits per heavy atom. The molecule has 1 aromatic heterocycles. The van der Waals surface area contributed by atoms with Crippen molar-refractivity contribution in [2.24, 2.45) is 0 Å². The quantitative estimate of drug-likeness (QED) is 0.582. The van der Waals surface area contributed by atoms with Crippen molar-refractivity contribution in [3.8, 4) is 0 Å². The number of thiophene rings is 1. The molecule has 0 radical (unpaired) electrons. The second kappa shape index (κ2) is 2.80. The monoisotopic (exact) mass is 228 g/mol. The SMILES string of the molecule is O=S(=O)(O)S(=O)(=O)c1cccs1. The van der Waals surface area contributed by atoms with Crippen LogP contribution in [0.1, 0.15) is 0 Å². The molecule has 0 aliphatic carbocycles. The van der Waals surface area contributed by atoms with Gasteiger partial charge in [-0.05, 0) is 11.4 Å². The van der Waals surface area contributed by atoms with Gasteiger partial charge in [0.1, 0.15) is 4.21 Å². The van der Waals surface area contributed by atoms with Crippen LogP contribution in [0.3, 0.4) is 0 Å². The van der Waals surface area contributed by atoms with Crippen molar-refractivity contribution in [3.05, 3.63) is 17.5 Å². The number of rotatable bonds is 2. The summed E-state index contributed by atoms with van der Waals surface area (Å²) in [5, 5.41) is 1.40. The molecule has 1 N–H and O–H groups in total. The summed E-state index contributed by atoms with van der Waals surface area (Å²) >= 11 is 0.730. The highest BCUT2D eigenvalue weighted by atomic mass is 33.2. The molecule has 0 aromatic carbocycles. The van der Waals surface area contributed by atoms with Crippen LogP contribution in [0.15, 0.2) is 21.7 Å². The molecule has 0 amide bonds. The summed E-state index contributed by atoms with van der Waals surface area (Å²) in [6.07, 6.45) is 0. The van der Waals surface area contributed by atoms with Gasteiger partial charge in [0.25, 0.3) is 0 Å². The summed E-state index contributed by atoms with van der Waals surface area (Å²) in [4.78, 5) is 0. The summed E-state index contributed by atoms with van der Waals surface area (Å²) in [7, 11) is -9.63. The highest BCUT2D eigenvalue weighted by Gasteiger charge is 2.30. The molecule has 1 aromatic rings. The highest BCUT2D eigenvalue weighted by Crippen LogP contribution is 2.20. The van der Waals surface area contributed by atoms with Gasteiger partial charge in [0.2, 0.25) is 0 Å². The van der Waals surface area contributed by atoms with Crippen LogP contribution in [-0.2, 0) is 18.0 Å². The van der Waals surface area contributed by atoms with Crippen LogP contribution in [0.5, 0.6) is 0 Å². The molecular weight excluding hydrogens is 224 g/mol. The van der Waals surface area contributed by atoms with Gasteiger partial charge in [-0.15, -0.1) is 11.3 Å². The fourth-order valence-electron chi connectivity index (χ4n) is 0.510. The molecule has 0 spiro atoms. The van der Waals surface area contributed by atoms with Crippen molar-refractivity contribution >= 4 is 29.4 Å². The normalized spacial score (nSPS) is 13.1. The molecule has 0 atom stereocenters. The molecule has 68 valence electrons. The van der Waals surface area contributed by atoms with Gasteiger partial charge in [0.05, 0.1) is 0 Å². The predicted octanol–water partition coefficient (Wildman–Crippen LogP) is 0.325. The summed E-state index contributed by atoms with van der Waals surface area (Å²) in [5.41, 5.74) is 0. The third-order valence-electron chi connectivity index (χ3n) is 1.02. The van der Waals surface area contributed by atoms with Crippen LogP contribution >= 0.6 is 11.3 Å². The highest BCUT2D eigenvalue weighted by molar-refractivity contribution is 8.65. The van der Waals surface area contributed by atoms with Crippen LogP contribution in [-0.4, -0.2) is 21.4 Å². The minimum Gasteiger partial charge on any atom is -0.273 e. The van der Waals surface area contributed by atoms with Crippen LogP contribution < -0.4 is 0 Å². The lowest BCUT2D eigenvalue weighted by molar-refractivity contribution is 0.493. The van der Waals surface area contributed by atoms with Crippen molar-refractivity contribution < 1.29 is 21.4 Å². The molecule has 5 nitrogen and oxygen atoms in total. The fourth-order valence-corrected chi connectivity index (χ4v) is 3.97. The lowest BCUT2D eigenvalue weighted by Gasteiger charge is -1.94. The maximum atomic E-state index is 10.9. The Hall–Kier alpha value is -0.440. The molecular formula is C4H4O5S3. The standard InChI is InChI=1S/C4H4O5S3/c5-11(6,12(7,8)9)4-2-1-3-10-4/h1-3H,(H,7,8,9). The van der Waals surface area contributed by atoms with E-state index in [1.807, 2.05) is 0 Å². The largest absolute Gasteiger partial charge is 0.377 e. The van der Waals surface area contributed by atoms with E-state index in [0.717, 1.165) is 17.4 Å². The Labute approximate surface area is 72.7 Å². The lowest BCUT2D eigenvalue weighted by Crippen LogP contribution is -2.12. The second-order valence-electron chi connectivity index (χ2n) is 1.81. The molecule has 12 heavy (non-hydrogen) atoms. The Bertz CT molecular complexity index is 451. The van der Waals surface area contributed by atoms with Gasteiger partial charge in [-0.3, -0.25) is 4.55 Å². The summed E-state index contributed by atoms with van der Waals surface area (Å²) in [5.74, 6) is 0. The molecule has 0 unspecified atom stereocenters. The van der Waals surface area contributed by atoms with E-state index in [1.54, 1.807) is 0 Å². The Morgan fingerprint density at radius 2 is 1.83 bits per heavy atom. The average molecular weight is 228 g/mol. The van der Waals surface area contributed by atoms with E-state index in [-0.39, 0.29) is 4.21 Å². The van der Waals surface area contributed by atoms with Gasteiger partial charge in [-0.25, -0.2) is 8.42 Å². The van der Waals surface area contributed by atoms with Crippen LogP contribution in [0.25, 0.3) is 0 Å². The molecule has 0 aliphatic heterocycles. The molecule has 1 rings (SSSR count). The number of hydrogen-bond donors (Lipinski definition) is 1. The van der Waals surface area contributed by atoms with Crippen molar-refractivity contribution in [3.63, 3.8) is 0 Å². The van der Waals surface area contributed by atoms with E-state index >= 15 is 0 Å². The molecule has 0 aliphatic rings. The minimum absolute atomic E-state index is 0.384. The average Bonchev–Trinajstić information content (AvgIpc) is 2.34. The fraction of sp³-hybridized carbons (Fsp3) is 0. The Morgan fingerprint density at radius 3 is 2.17 bits per heavy atom. The van der Waals surface area contributed by atoms with E-state index in [0.29, 0.717) is 0 Å². The lowest BCUT2D eigenvalue weighted by atomic mass is 10.7. The summed E-state index contributed by atoms with van der Waals surface area (Å²) in [6.45, 7) is 0. The third kappa shape index (κ3) is 1.51. The van der Waals surface area contributed by atoms with Gasteiger partial charge in [0, 0.05) is 0 Å². The van der Waals surface area contributed by atoms with E-state index < -0.39 is 18.0 Å².